The van der Waals surface area contributed by atoms with E-state index in [0.717, 1.165) is 30.0 Å². The zero-order valence-corrected chi connectivity index (χ0v) is 12.4. The van der Waals surface area contributed by atoms with Crippen molar-refractivity contribution in [1.82, 2.24) is 0 Å². The molecule has 2 aromatic rings. The van der Waals surface area contributed by atoms with Crippen LogP contribution in [0.5, 0.6) is 5.75 Å². The third kappa shape index (κ3) is 3.95. The Bertz CT molecular complexity index is 602. The number of aliphatic imine (C=N–C) groups is 1. The summed E-state index contributed by atoms with van der Waals surface area (Å²) < 4.78 is 5.63. The number of nitrogens with zero attached hydrogens (tertiary/aromatic N) is 1. The number of rotatable bonds is 5. The Labute approximate surface area is 121 Å². The summed E-state index contributed by atoms with van der Waals surface area (Å²) in [6, 6.07) is 14.3. The van der Waals surface area contributed by atoms with Gasteiger partial charge in [-0.3, -0.25) is 4.99 Å². The molecule has 0 aromatic heterocycles. The van der Waals surface area contributed by atoms with Crippen LogP contribution in [0, 0.1) is 13.8 Å². The van der Waals surface area contributed by atoms with Gasteiger partial charge in [-0.15, -0.1) is 0 Å². The van der Waals surface area contributed by atoms with E-state index >= 15 is 0 Å². The molecule has 0 unspecified atom stereocenters. The van der Waals surface area contributed by atoms with Crippen LogP contribution in [-0.4, -0.2) is 12.8 Å². The van der Waals surface area contributed by atoms with E-state index in [0.29, 0.717) is 0 Å². The molecular weight excluding hydrogens is 246 g/mol. The van der Waals surface area contributed by atoms with Crippen molar-refractivity contribution in [2.24, 2.45) is 4.99 Å². The van der Waals surface area contributed by atoms with E-state index < -0.39 is 0 Å². The van der Waals surface area contributed by atoms with Crippen LogP contribution in [0.3, 0.4) is 0 Å². The smallest absolute Gasteiger partial charge is 0.119 e. The van der Waals surface area contributed by atoms with Crippen molar-refractivity contribution in [3.05, 3.63) is 59.2 Å². The average molecular weight is 267 g/mol. The molecule has 0 aliphatic rings. The Morgan fingerprint density at radius 2 is 1.95 bits per heavy atom. The second-order valence-electron chi connectivity index (χ2n) is 4.97. The van der Waals surface area contributed by atoms with E-state index in [2.05, 4.69) is 44.0 Å². The molecule has 2 rings (SSSR count). The first-order chi connectivity index (χ1) is 9.69. The normalized spacial score (nSPS) is 10.9. The van der Waals surface area contributed by atoms with Crippen LogP contribution in [0.25, 0.3) is 0 Å². The zero-order valence-electron chi connectivity index (χ0n) is 12.4. The summed E-state index contributed by atoms with van der Waals surface area (Å²) in [4.78, 5) is 4.58. The van der Waals surface area contributed by atoms with Gasteiger partial charge in [0.25, 0.3) is 0 Å². The van der Waals surface area contributed by atoms with Crippen molar-refractivity contribution in [1.29, 1.82) is 0 Å². The third-order valence-corrected chi connectivity index (χ3v) is 3.05. The lowest BCUT2D eigenvalue weighted by atomic mass is 10.1. The molecule has 0 amide bonds. The number of ether oxygens (including phenoxy) is 1. The summed E-state index contributed by atoms with van der Waals surface area (Å²) in [7, 11) is 0. The molecule has 0 radical (unpaired) electrons. The first-order valence-corrected chi connectivity index (χ1v) is 7.03. The Kier molecular flexibility index (Phi) is 4.94. The topological polar surface area (TPSA) is 21.6 Å². The Balaban J connectivity index is 2.16. The molecule has 0 aliphatic heterocycles. The van der Waals surface area contributed by atoms with E-state index in [9.17, 15) is 0 Å². The van der Waals surface area contributed by atoms with E-state index in [1.807, 2.05) is 30.5 Å². The maximum Gasteiger partial charge on any atom is 0.119 e. The van der Waals surface area contributed by atoms with E-state index in [1.165, 1.54) is 11.1 Å². The molecule has 2 aromatic carbocycles. The van der Waals surface area contributed by atoms with Gasteiger partial charge in [-0.25, -0.2) is 0 Å². The van der Waals surface area contributed by atoms with Crippen molar-refractivity contribution in [3.8, 4) is 5.75 Å². The minimum Gasteiger partial charge on any atom is -0.494 e. The highest BCUT2D eigenvalue weighted by atomic mass is 16.5. The van der Waals surface area contributed by atoms with Crippen molar-refractivity contribution < 1.29 is 4.74 Å². The minimum atomic E-state index is 0.748. The first-order valence-electron chi connectivity index (χ1n) is 7.03. The number of hydrogen-bond donors (Lipinski definition) is 0. The van der Waals surface area contributed by atoms with Crippen LogP contribution < -0.4 is 4.74 Å². The van der Waals surface area contributed by atoms with Crippen LogP contribution in [0.2, 0.25) is 0 Å². The lowest BCUT2D eigenvalue weighted by Crippen LogP contribution is -1.95. The lowest BCUT2D eigenvalue weighted by Gasteiger charge is -2.05. The zero-order chi connectivity index (χ0) is 14.4. The first kappa shape index (κ1) is 14.3. The number of aryl methyl sites for hydroxylation is 2. The highest BCUT2D eigenvalue weighted by molar-refractivity contribution is 5.82. The predicted octanol–water partition coefficient (Wildman–Crippen LogP) is 4.84. The molecule has 0 fully saturated rings. The van der Waals surface area contributed by atoms with Crippen LogP contribution in [0.4, 0.5) is 5.69 Å². The monoisotopic (exact) mass is 267 g/mol. The average Bonchev–Trinajstić information content (AvgIpc) is 2.46. The van der Waals surface area contributed by atoms with Crippen LogP contribution >= 0.6 is 0 Å². The van der Waals surface area contributed by atoms with E-state index in [4.69, 9.17) is 4.74 Å². The van der Waals surface area contributed by atoms with Crippen LogP contribution in [0.1, 0.15) is 30.0 Å². The largest absolute Gasteiger partial charge is 0.494 e. The molecule has 0 saturated carbocycles. The molecule has 0 N–H and O–H groups in total. The van der Waals surface area contributed by atoms with Crippen LogP contribution in [-0.2, 0) is 0 Å². The van der Waals surface area contributed by atoms with E-state index in [-0.39, 0.29) is 0 Å². The highest BCUT2D eigenvalue weighted by Crippen LogP contribution is 2.20. The molecule has 0 aliphatic carbocycles. The van der Waals surface area contributed by atoms with Gasteiger partial charge in [0.05, 0.1) is 12.3 Å². The van der Waals surface area contributed by atoms with Gasteiger partial charge in [-0.2, -0.15) is 0 Å². The van der Waals surface area contributed by atoms with Crippen molar-refractivity contribution in [3.63, 3.8) is 0 Å². The Hall–Kier alpha value is -2.09. The molecule has 0 bridgehead atoms. The molecule has 0 atom stereocenters. The maximum atomic E-state index is 5.63. The fourth-order valence-corrected chi connectivity index (χ4v) is 1.91. The molecule has 2 nitrogen and oxygen atoms in total. The Morgan fingerprint density at radius 3 is 2.75 bits per heavy atom. The summed E-state index contributed by atoms with van der Waals surface area (Å²) in [5.41, 5.74) is 4.48. The number of benzene rings is 2. The molecule has 0 saturated heterocycles. The van der Waals surface area contributed by atoms with Crippen molar-refractivity contribution in [2.75, 3.05) is 6.61 Å². The van der Waals surface area contributed by atoms with Crippen LogP contribution in [0.15, 0.2) is 47.5 Å². The SMILES string of the molecule is CCCOc1cccc(C=Nc2cc(C)ccc2C)c1. The standard InChI is InChI=1S/C18H21NO/c1-4-10-20-17-7-5-6-16(12-17)13-19-18-11-14(2)8-9-15(18)3/h5-9,11-13H,4,10H2,1-3H3. The molecular formula is C18H21NO. The maximum absolute atomic E-state index is 5.63. The molecule has 2 heteroatoms. The van der Waals surface area contributed by atoms with Gasteiger partial charge < -0.3 is 4.74 Å². The lowest BCUT2D eigenvalue weighted by molar-refractivity contribution is 0.317. The van der Waals surface area contributed by atoms with Gasteiger partial charge in [0.2, 0.25) is 0 Å². The molecule has 0 spiro atoms. The van der Waals surface area contributed by atoms with E-state index in [1.54, 1.807) is 0 Å². The summed E-state index contributed by atoms with van der Waals surface area (Å²) in [6.07, 6.45) is 2.90. The van der Waals surface area contributed by atoms with Gasteiger partial charge >= 0.3 is 0 Å². The summed E-state index contributed by atoms with van der Waals surface area (Å²) >= 11 is 0. The van der Waals surface area contributed by atoms with Gasteiger partial charge in [0, 0.05) is 6.21 Å². The van der Waals surface area contributed by atoms with Gasteiger partial charge in [-0.1, -0.05) is 31.2 Å². The molecule has 0 heterocycles. The molecule has 20 heavy (non-hydrogen) atoms. The predicted molar refractivity (Wildman–Crippen MR) is 85.4 cm³/mol. The van der Waals surface area contributed by atoms with Crippen molar-refractivity contribution in [2.45, 2.75) is 27.2 Å². The van der Waals surface area contributed by atoms with Gasteiger partial charge in [-0.05, 0) is 55.2 Å². The van der Waals surface area contributed by atoms with Crippen molar-refractivity contribution >= 4 is 11.9 Å². The summed E-state index contributed by atoms with van der Waals surface area (Å²) in [5.74, 6) is 0.900. The fourth-order valence-electron chi connectivity index (χ4n) is 1.91. The molecule has 104 valence electrons. The summed E-state index contributed by atoms with van der Waals surface area (Å²) in [5, 5.41) is 0. The highest BCUT2D eigenvalue weighted by Gasteiger charge is 1.97. The summed E-state index contributed by atoms with van der Waals surface area (Å²) in [6.45, 7) is 7.01. The Morgan fingerprint density at radius 1 is 1.10 bits per heavy atom. The van der Waals surface area contributed by atoms with Gasteiger partial charge in [0.1, 0.15) is 5.75 Å². The third-order valence-electron chi connectivity index (χ3n) is 3.05. The van der Waals surface area contributed by atoms with Gasteiger partial charge in [0.15, 0.2) is 0 Å². The fraction of sp³-hybridized carbons (Fsp3) is 0.278. The second kappa shape index (κ2) is 6.90. The minimum absolute atomic E-state index is 0.748. The number of hydrogen-bond acceptors (Lipinski definition) is 2. The second-order valence-corrected chi connectivity index (χ2v) is 4.97. The quantitative estimate of drug-likeness (QED) is 0.710.